The molecule has 0 saturated carbocycles. The average molecular weight is 228 g/mol. The normalized spacial score (nSPS) is 9.88. The molecule has 17 heavy (non-hydrogen) atoms. The molecular formula is C13H12N2O2. The molecule has 0 aliphatic rings. The summed E-state index contributed by atoms with van der Waals surface area (Å²) < 4.78 is 5.42. The Morgan fingerprint density at radius 1 is 1.35 bits per heavy atom. The lowest BCUT2D eigenvalue weighted by atomic mass is 10.1. The number of hydrogen-bond donors (Lipinski definition) is 1. The van der Waals surface area contributed by atoms with Gasteiger partial charge in [0.25, 0.3) is 5.56 Å². The van der Waals surface area contributed by atoms with E-state index in [2.05, 4.69) is 16.8 Å². The SMILES string of the molecule is C=CCOc1cccc(-c2ccc(=O)[nH]n2)c1. The van der Waals surface area contributed by atoms with E-state index in [1.807, 2.05) is 24.3 Å². The summed E-state index contributed by atoms with van der Waals surface area (Å²) in [5.74, 6) is 0.746. The Labute approximate surface area is 98.6 Å². The molecule has 2 rings (SSSR count). The number of H-pyrrole nitrogens is 1. The number of nitrogens with zero attached hydrogens (tertiary/aromatic N) is 1. The number of aromatic amines is 1. The molecule has 0 atom stereocenters. The van der Waals surface area contributed by atoms with Gasteiger partial charge in [0.2, 0.25) is 0 Å². The van der Waals surface area contributed by atoms with Gasteiger partial charge in [0.05, 0.1) is 5.69 Å². The molecule has 0 saturated heterocycles. The zero-order valence-corrected chi connectivity index (χ0v) is 9.22. The molecule has 1 N–H and O–H groups in total. The highest BCUT2D eigenvalue weighted by atomic mass is 16.5. The minimum atomic E-state index is -0.215. The third-order valence-corrected chi connectivity index (χ3v) is 2.18. The molecule has 2 aromatic rings. The molecule has 1 aromatic carbocycles. The Morgan fingerprint density at radius 3 is 2.94 bits per heavy atom. The summed E-state index contributed by atoms with van der Waals surface area (Å²) in [5.41, 5.74) is 1.38. The molecule has 4 heteroatoms. The Morgan fingerprint density at radius 2 is 2.24 bits per heavy atom. The molecule has 86 valence electrons. The lowest BCUT2D eigenvalue weighted by Gasteiger charge is -2.05. The largest absolute Gasteiger partial charge is 0.490 e. The van der Waals surface area contributed by atoms with Crippen molar-refractivity contribution in [2.45, 2.75) is 0 Å². The molecule has 0 spiro atoms. The molecule has 0 aliphatic heterocycles. The first-order chi connectivity index (χ1) is 8.29. The van der Waals surface area contributed by atoms with Gasteiger partial charge in [0.1, 0.15) is 12.4 Å². The predicted octanol–water partition coefficient (Wildman–Crippen LogP) is 2.00. The van der Waals surface area contributed by atoms with E-state index in [4.69, 9.17) is 4.74 Å². The minimum absolute atomic E-state index is 0.215. The standard InChI is InChI=1S/C13H12N2O2/c1-2-8-17-11-5-3-4-10(9-11)12-6-7-13(16)15-14-12/h2-7,9H,1,8H2,(H,15,16). The van der Waals surface area contributed by atoms with Crippen LogP contribution in [0, 0.1) is 0 Å². The van der Waals surface area contributed by atoms with E-state index in [1.165, 1.54) is 6.07 Å². The van der Waals surface area contributed by atoms with Crippen molar-refractivity contribution >= 4 is 0 Å². The first-order valence-corrected chi connectivity index (χ1v) is 5.19. The zero-order valence-electron chi connectivity index (χ0n) is 9.22. The maximum absolute atomic E-state index is 10.9. The van der Waals surface area contributed by atoms with Crippen LogP contribution in [-0.2, 0) is 0 Å². The molecule has 0 amide bonds. The van der Waals surface area contributed by atoms with Crippen LogP contribution in [0.15, 0.2) is 53.8 Å². The van der Waals surface area contributed by atoms with Crippen LogP contribution in [0.1, 0.15) is 0 Å². The fraction of sp³-hybridized carbons (Fsp3) is 0.0769. The van der Waals surface area contributed by atoms with E-state index in [1.54, 1.807) is 12.1 Å². The van der Waals surface area contributed by atoms with Crippen LogP contribution >= 0.6 is 0 Å². The summed E-state index contributed by atoms with van der Waals surface area (Å²) in [6, 6.07) is 10.6. The fourth-order valence-electron chi connectivity index (χ4n) is 1.41. The van der Waals surface area contributed by atoms with Crippen molar-refractivity contribution in [3.8, 4) is 17.0 Å². The van der Waals surface area contributed by atoms with E-state index < -0.39 is 0 Å². The van der Waals surface area contributed by atoms with Crippen LogP contribution in [0.25, 0.3) is 11.3 Å². The molecule has 0 radical (unpaired) electrons. The lowest BCUT2D eigenvalue weighted by Crippen LogP contribution is -2.05. The topological polar surface area (TPSA) is 55.0 Å². The summed E-state index contributed by atoms with van der Waals surface area (Å²) in [5, 5.41) is 6.36. The Balaban J connectivity index is 2.29. The highest BCUT2D eigenvalue weighted by Gasteiger charge is 2.01. The van der Waals surface area contributed by atoms with Crippen molar-refractivity contribution in [2.75, 3.05) is 6.61 Å². The summed E-state index contributed by atoms with van der Waals surface area (Å²) in [4.78, 5) is 10.9. The first-order valence-electron chi connectivity index (χ1n) is 5.19. The molecule has 0 bridgehead atoms. The number of nitrogens with one attached hydrogen (secondary N) is 1. The van der Waals surface area contributed by atoms with E-state index in [9.17, 15) is 4.79 Å². The van der Waals surface area contributed by atoms with Gasteiger partial charge in [-0.25, -0.2) is 5.10 Å². The third kappa shape index (κ3) is 2.81. The summed E-state index contributed by atoms with van der Waals surface area (Å²) in [7, 11) is 0. The van der Waals surface area contributed by atoms with Gasteiger partial charge in [-0.1, -0.05) is 24.8 Å². The number of aromatic nitrogens is 2. The minimum Gasteiger partial charge on any atom is -0.490 e. The Bertz CT molecular complexity index is 555. The molecule has 0 unspecified atom stereocenters. The smallest absolute Gasteiger partial charge is 0.264 e. The third-order valence-electron chi connectivity index (χ3n) is 2.18. The van der Waals surface area contributed by atoms with Crippen LogP contribution in [0.3, 0.4) is 0 Å². The van der Waals surface area contributed by atoms with Crippen molar-refractivity contribution in [1.82, 2.24) is 10.2 Å². The predicted molar refractivity (Wildman–Crippen MR) is 66.0 cm³/mol. The number of rotatable bonds is 4. The van der Waals surface area contributed by atoms with Gasteiger partial charge in [-0.3, -0.25) is 4.79 Å². The second-order valence-electron chi connectivity index (χ2n) is 3.43. The summed E-state index contributed by atoms with van der Waals surface area (Å²) >= 11 is 0. The van der Waals surface area contributed by atoms with Crippen molar-refractivity contribution in [3.05, 3.63) is 59.4 Å². The molecule has 4 nitrogen and oxygen atoms in total. The van der Waals surface area contributed by atoms with Crippen LogP contribution in [0.4, 0.5) is 0 Å². The van der Waals surface area contributed by atoms with Crippen molar-refractivity contribution in [3.63, 3.8) is 0 Å². The average Bonchev–Trinajstić information content (AvgIpc) is 2.37. The van der Waals surface area contributed by atoms with Gasteiger partial charge in [0.15, 0.2) is 0 Å². The maximum Gasteiger partial charge on any atom is 0.264 e. The molecule has 1 heterocycles. The highest BCUT2D eigenvalue weighted by Crippen LogP contribution is 2.21. The fourth-order valence-corrected chi connectivity index (χ4v) is 1.41. The van der Waals surface area contributed by atoms with Crippen molar-refractivity contribution in [2.24, 2.45) is 0 Å². The summed E-state index contributed by atoms with van der Waals surface area (Å²) in [6.07, 6.45) is 1.69. The summed E-state index contributed by atoms with van der Waals surface area (Å²) in [6.45, 7) is 4.05. The highest BCUT2D eigenvalue weighted by molar-refractivity contribution is 5.60. The number of benzene rings is 1. The van der Waals surface area contributed by atoms with Crippen LogP contribution in [0.2, 0.25) is 0 Å². The van der Waals surface area contributed by atoms with Gasteiger partial charge in [-0.05, 0) is 18.2 Å². The second-order valence-corrected chi connectivity index (χ2v) is 3.43. The number of hydrogen-bond acceptors (Lipinski definition) is 3. The van der Waals surface area contributed by atoms with E-state index in [-0.39, 0.29) is 5.56 Å². The van der Waals surface area contributed by atoms with E-state index in [0.717, 1.165) is 11.3 Å². The van der Waals surface area contributed by atoms with Crippen molar-refractivity contribution < 1.29 is 4.74 Å². The van der Waals surface area contributed by atoms with Crippen LogP contribution in [0.5, 0.6) is 5.75 Å². The zero-order chi connectivity index (χ0) is 12.1. The van der Waals surface area contributed by atoms with Gasteiger partial charge in [-0.15, -0.1) is 0 Å². The molecule has 0 aliphatic carbocycles. The first kappa shape index (κ1) is 11.1. The molecule has 0 fully saturated rings. The molecule has 1 aromatic heterocycles. The maximum atomic E-state index is 10.9. The Kier molecular flexibility index (Phi) is 3.35. The number of ether oxygens (including phenoxy) is 1. The second kappa shape index (κ2) is 5.12. The van der Waals surface area contributed by atoms with Gasteiger partial charge < -0.3 is 4.74 Å². The monoisotopic (exact) mass is 228 g/mol. The van der Waals surface area contributed by atoms with E-state index in [0.29, 0.717) is 12.3 Å². The molecular weight excluding hydrogens is 216 g/mol. The van der Waals surface area contributed by atoms with Gasteiger partial charge >= 0.3 is 0 Å². The quantitative estimate of drug-likeness (QED) is 0.814. The Hall–Kier alpha value is -2.36. The van der Waals surface area contributed by atoms with Crippen LogP contribution in [-0.4, -0.2) is 16.8 Å². The lowest BCUT2D eigenvalue weighted by molar-refractivity contribution is 0.363. The van der Waals surface area contributed by atoms with Gasteiger partial charge in [-0.2, -0.15) is 5.10 Å². The van der Waals surface area contributed by atoms with Gasteiger partial charge in [0, 0.05) is 11.6 Å². The van der Waals surface area contributed by atoms with Crippen LogP contribution < -0.4 is 10.3 Å². The van der Waals surface area contributed by atoms with Crippen molar-refractivity contribution in [1.29, 1.82) is 0 Å². The van der Waals surface area contributed by atoms with E-state index >= 15 is 0 Å².